The Kier molecular flexibility index (Phi) is 5.76. The molecule has 0 unspecified atom stereocenters. The van der Waals surface area contributed by atoms with Crippen LogP contribution in [0.15, 0.2) is 73.1 Å². The number of aryl methyl sites for hydroxylation is 2. The maximum Gasteiger partial charge on any atom is 0.291 e. The molecule has 3 heterocycles. The molecule has 8 heteroatoms. The lowest BCUT2D eigenvalue weighted by Gasteiger charge is -2.07. The number of hydrogen-bond donors (Lipinski definition) is 2. The van der Waals surface area contributed by atoms with Crippen LogP contribution in [0.4, 0.5) is 5.69 Å². The first-order chi connectivity index (χ1) is 17.0. The van der Waals surface area contributed by atoms with E-state index in [0.717, 1.165) is 28.0 Å². The van der Waals surface area contributed by atoms with Gasteiger partial charge in [-0.2, -0.15) is 5.10 Å². The molecular formula is C27H22N6O2. The van der Waals surface area contributed by atoms with E-state index in [-0.39, 0.29) is 17.5 Å². The van der Waals surface area contributed by atoms with Crippen molar-refractivity contribution in [3.63, 3.8) is 0 Å². The van der Waals surface area contributed by atoms with E-state index in [0.29, 0.717) is 16.8 Å². The number of carbonyl (C=O) groups excluding carboxylic acids is 2. The molecule has 0 fully saturated rings. The van der Waals surface area contributed by atoms with Crippen LogP contribution in [0.2, 0.25) is 0 Å². The normalized spacial score (nSPS) is 11.3. The van der Waals surface area contributed by atoms with Gasteiger partial charge in [0.05, 0.1) is 16.9 Å². The molecular weight excluding hydrogens is 440 g/mol. The van der Waals surface area contributed by atoms with Gasteiger partial charge in [0.2, 0.25) is 0 Å². The van der Waals surface area contributed by atoms with Crippen LogP contribution < -0.4 is 5.32 Å². The standard InChI is InChI=1S/C27H22N6O2/c1-17-5-3-7-20(29-17)10-12-23-22-11-9-19(16-24(22)32-31-23)25(34)18-6-4-8-21(15-18)30-27(35)26-28-13-14-33(26)2/h3-16H,1-2H3,(H,30,35)(H,31,32). The minimum absolute atomic E-state index is 0.157. The molecule has 2 N–H and O–H groups in total. The van der Waals surface area contributed by atoms with Gasteiger partial charge in [-0.25, -0.2) is 4.98 Å². The van der Waals surface area contributed by atoms with Gasteiger partial charge in [0.15, 0.2) is 11.6 Å². The molecule has 0 saturated carbocycles. The Hall–Kier alpha value is -4.85. The highest BCUT2D eigenvalue weighted by Crippen LogP contribution is 2.22. The third-order valence-corrected chi connectivity index (χ3v) is 5.58. The molecule has 3 aromatic heterocycles. The first kappa shape index (κ1) is 22.0. The third kappa shape index (κ3) is 4.63. The van der Waals surface area contributed by atoms with Crippen molar-refractivity contribution in [2.45, 2.75) is 6.92 Å². The summed E-state index contributed by atoms with van der Waals surface area (Å²) in [6.07, 6.45) is 7.06. The summed E-state index contributed by atoms with van der Waals surface area (Å²) >= 11 is 0. The molecule has 5 rings (SSSR count). The van der Waals surface area contributed by atoms with Crippen molar-refractivity contribution in [1.82, 2.24) is 24.7 Å². The quantitative estimate of drug-likeness (QED) is 0.357. The van der Waals surface area contributed by atoms with E-state index in [9.17, 15) is 9.59 Å². The SMILES string of the molecule is Cc1cccc(C=Cc2n[nH]c3cc(C(=O)c4cccc(NC(=O)c5nccn5C)c4)ccc23)n1. The average Bonchev–Trinajstić information content (AvgIpc) is 3.48. The number of H-pyrrole nitrogens is 1. The van der Waals surface area contributed by atoms with Gasteiger partial charge in [0.25, 0.3) is 5.91 Å². The number of rotatable bonds is 6. The van der Waals surface area contributed by atoms with Crippen LogP contribution in [-0.2, 0) is 7.05 Å². The van der Waals surface area contributed by atoms with Crippen molar-refractivity contribution in [3.8, 4) is 0 Å². The van der Waals surface area contributed by atoms with Crippen molar-refractivity contribution in [1.29, 1.82) is 0 Å². The lowest BCUT2D eigenvalue weighted by molar-refractivity contribution is 0.101. The fourth-order valence-corrected chi connectivity index (χ4v) is 3.81. The van der Waals surface area contributed by atoms with E-state index in [4.69, 9.17) is 0 Å². The molecule has 2 aromatic carbocycles. The first-order valence-corrected chi connectivity index (χ1v) is 11.0. The summed E-state index contributed by atoms with van der Waals surface area (Å²) in [5.74, 6) is -0.215. The molecule has 0 bridgehead atoms. The summed E-state index contributed by atoms with van der Waals surface area (Å²) in [6.45, 7) is 1.95. The number of anilines is 1. The largest absolute Gasteiger partial charge is 0.330 e. The van der Waals surface area contributed by atoms with Crippen LogP contribution >= 0.6 is 0 Å². The van der Waals surface area contributed by atoms with E-state index in [1.165, 1.54) is 0 Å². The van der Waals surface area contributed by atoms with Crippen LogP contribution in [0.3, 0.4) is 0 Å². The summed E-state index contributed by atoms with van der Waals surface area (Å²) in [4.78, 5) is 34.1. The molecule has 0 saturated heterocycles. The maximum atomic E-state index is 13.2. The number of pyridine rings is 1. The summed E-state index contributed by atoms with van der Waals surface area (Å²) in [5.41, 5.74) is 4.82. The van der Waals surface area contributed by atoms with Crippen LogP contribution in [0, 0.1) is 6.92 Å². The van der Waals surface area contributed by atoms with E-state index in [1.807, 2.05) is 43.3 Å². The lowest BCUT2D eigenvalue weighted by Crippen LogP contribution is -2.17. The molecule has 172 valence electrons. The summed E-state index contributed by atoms with van der Waals surface area (Å²) < 4.78 is 1.63. The van der Waals surface area contributed by atoms with Gasteiger partial charge in [0, 0.05) is 47.3 Å². The molecule has 8 nitrogen and oxygen atoms in total. The molecule has 0 radical (unpaired) electrons. The van der Waals surface area contributed by atoms with Gasteiger partial charge >= 0.3 is 0 Å². The number of imidazole rings is 1. The second kappa shape index (κ2) is 9.18. The minimum atomic E-state index is -0.345. The van der Waals surface area contributed by atoms with Crippen molar-refractivity contribution in [2.75, 3.05) is 5.32 Å². The van der Waals surface area contributed by atoms with E-state index < -0.39 is 0 Å². The number of nitrogens with one attached hydrogen (secondary N) is 2. The Bertz CT molecular complexity index is 1590. The molecule has 0 aliphatic carbocycles. The number of carbonyl (C=O) groups is 2. The zero-order valence-electron chi connectivity index (χ0n) is 19.2. The van der Waals surface area contributed by atoms with Gasteiger partial charge in [-0.05, 0) is 55.5 Å². The first-order valence-electron chi connectivity index (χ1n) is 11.0. The fourth-order valence-electron chi connectivity index (χ4n) is 3.81. The number of benzene rings is 2. The second-order valence-electron chi connectivity index (χ2n) is 8.13. The molecule has 0 aliphatic rings. The molecule has 0 aliphatic heterocycles. The van der Waals surface area contributed by atoms with E-state index in [2.05, 4.69) is 25.5 Å². The average molecular weight is 463 g/mol. The Balaban J connectivity index is 1.36. The highest BCUT2D eigenvalue weighted by atomic mass is 16.2. The zero-order valence-corrected chi connectivity index (χ0v) is 19.2. The van der Waals surface area contributed by atoms with Crippen LogP contribution in [0.1, 0.15) is 43.6 Å². The van der Waals surface area contributed by atoms with Gasteiger partial charge in [-0.3, -0.25) is 19.7 Å². The smallest absolute Gasteiger partial charge is 0.291 e. The molecule has 5 aromatic rings. The Morgan fingerprint density at radius 2 is 1.83 bits per heavy atom. The predicted molar refractivity (Wildman–Crippen MR) is 135 cm³/mol. The highest BCUT2D eigenvalue weighted by Gasteiger charge is 2.15. The van der Waals surface area contributed by atoms with Gasteiger partial charge in [-0.15, -0.1) is 0 Å². The van der Waals surface area contributed by atoms with Gasteiger partial charge in [0.1, 0.15) is 0 Å². The fraction of sp³-hybridized carbons (Fsp3) is 0.0741. The summed E-state index contributed by atoms with van der Waals surface area (Å²) in [7, 11) is 1.74. The number of hydrogen-bond acceptors (Lipinski definition) is 5. The number of aromatic amines is 1. The minimum Gasteiger partial charge on any atom is -0.330 e. The monoisotopic (exact) mass is 462 g/mol. The maximum absolute atomic E-state index is 13.2. The molecule has 35 heavy (non-hydrogen) atoms. The Morgan fingerprint density at radius 3 is 2.63 bits per heavy atom. The molecule has 0 spiro atoms. The van der Waals surface area contributed by atoms with Gasteiger partial charge in [-0.1, -0.05) is 24.3 Å². The lowest BCUT2D eigenvalue weighted by atomic mass is 10.0. The third-order valence-electron chi connectivity index (χ3n) is 5.58. The van der Waals surface area contributed by atoms with Crippen molar-refractivity contribution >= 4 is 40.4 Å². The topological polar surface area (TPSA) is 106 Å². The van der Waals surface area contributed by atoms with Gasteiger partial charge < -0.3 is 9.88 Å². The number of nitrogens with zero attached hydrogens (tertiary/aromatic N) is 4. The van der Waals surface area contributed by atoms with E-state index >= 15 is 0 Å². The number of aromatic nitrogens is 5. The molecule has 1 amide bonds. The summed E-state index contributed by atoms with van der Waals surface area (Å²) in [5, 5.41) is 11.1. The molecule has 0 atom stereocenters. The van der Waals surface area contributed by atoms with Crippen LogP contribution in [-0.4, -0.2) is 36.4 Å². The number of ketones is 1. The van der Waals surface area contributed by atoms with Crippen molar-refractivity contribution < 1.29 is 9.59 Å². The van der Waals surface area contributed by atoms with Crippen molar-refractivity contribution in [3.05, 3.63) is 107 Å². The van der Waals surface area contributed by atoms with E-state index in [1.54, 1.807) is 60.4 Å². The number of amides is 1. The Morgan fingerprint density at radius 1 is 1.00 bits per heavy atom. The Labute approximate surface area is 201 Å². The highest BCUT2D eigenvalue weighted by molar-refractivity contribution is 6.11. The van der Waals surface area contributed by atoms with Crippen LogP contribution in [0.5, 0.6) is 0 Å². The van der Waals surface area contributed by atoms with Crippen molar-refractivity contribution in [2.24, 2.45) is 7.05 Å². The second-order valence-corrected chi connectivity index (χ2v) is 8.13. The predicted octanol–water partition coefficient (Wildman–Crippen LogP) is 4.65. The zero-order chi connectivity index (χ0) is 24.4. The summed E-state index contributed by atoms with van der Waals surface area (Å²) in [6, 6.07) is 18.1. The van der Waals surface area contributed by atoms with Crippen LogP contribution in [0.25, 0.3) is 23.1 Å². The number of fused-ring (bicyclic) bond motifs is 1.